The number of aryl methyl sites for hydroxylation is 1. The van der Waals surface area contributed by atoms with Gasteiger partial charge in [-0.2, -0.15) is 0 Å². The van der Waals surface area contributed by atoms with E-state index in [1.165, 1.54) is 37.3 Å². The maximum absolute atomic E-state index is 11.2. The summed E-state index contributed by atoms with van der Waals surface area (Å²) in [6.07, 6.45) is 0. The topological polar surface area (TPSA) is 4.44 Å². The molecule has 4 rings (SSSR count). The Kier molecular flexibility index (Phi) is 5.48. The van der Waals surface area contributed by atoms with Crippen molar-refractivity contribution in [2.75, 3.05) is 0 Å². The zero-order valence-corrected chi connectivity index (χ0v) is 19.0. The minimum absolute atomic E-state index is 0.786. The summed E-state index contributed by atoms with van der Waals surface area (Å²) >= 11 is -3.25. The third-order valence-corrected chi connectivity index (χ3v) is 5.27. The number of hydrogen-bond acceptors (Lipinski definition) is 1. The van der Waals surface area contributed by atoms with Crippen LogP contribution in [0.25, 0.3) is 0 Å². The molecule has 0 aromatic heterocycles. The molecule has 1 nitrogen and oxygen atoms in total. The molecule has 1 aliphatic rings. The molecule has 3 aromatic carbocycles. The van der Waals surface area contributed by atoms with E-state index in [0.29, 0.717) is 0 Å². The van der Waals surface area contributed by atoms with Crippen LogP contribution in [0.4, 0.5) is 33.9 Å². The molecule has 1 N–H and O–H groups in total. The van der Waals surface area contributed by atoms with Crippen molar-refractivity contribution in [1.82, 2.24) is 0 Å². The van der Waals surface area contributed by atoms with Gasteiger partial charge in [0.15, 0.2) is 11.4 Å². The summed E-state index contributed by atoms with van der Waals surface area (Å²) in [7, 11) is 0. The average molecular weight is 561 g/mol. The van der Waals surface area contributed by atoms with Crippen LogP contribution in [0.3, 0.4) is 0 Å². The molecule has 3 aromatic rings. The Balaban J connectivity index is 0.000000298. The number of hydrogen-bond donors (Lipinski definition) is 1. The first kappa shape index (κ1) is 22.3. The Morgan fingerprint density at radius 3 is 2.00 bits per heavy atom. The van der Waals surface area contributed by atoms with Crippen LogP contribution >= 0.6 is 23.4 Å². The number of rotatable bonds is 1. The van der Waals surface area contributed by atoms with E-state index in [2.05, 4.69) is 67.6 Å². The normalized spacial score (nSPS) is 17.7. The molecule has 10 heteroatoms. The fourth-order valence-electron chi connectivity index (χ4n) is 2.89. The van der Waals surface area contributed by atoms with Crippen LogP contribution in [0.1, 0.15) is 5.56 Å². The van der Waals surface area contributed by atoms with Crippen molar-refractivity contribution in [3.8, 4) is 0 Å². The molecule has 1 heterocycles. The fourth-order valence-corrected chi connectivity index (χ4v) is 4.24. The molecule has 0 bridgehead atoms. The Hall–Kier alpha value is -1.34. The SMILES string of the molecule is Cc1ccc2c(c1)[NH+](c1ccccc1)c1ccc(Cl)cc1S2.[F][Sb-]([F])([F])([F])([F])[F]. The fraction of sp³-hybridized carbons (Fsp3) is 0.0526. The van der Waals surface area contributed by atoms with Gasteiger partial charge in [0.1, 0.15) is 5.69 Å². The number of quaternary nitrogens is 1. The molecule has 0 spiro atoms. The monoisotopic (exact) mass is 559 g/mol. The van der Waals surface area contributed by atoms with Gasteiger partial charge in [-0.05, 0) is 42.8 Å². The first-order chi connectivity index (χ1) is 13.2. The van der Waals surface area contributed by atoms with Gasteiger partial charge < -0.3 is 0 Å². The van der Waals surface area contributed by atoms with E-state index in [0.717, 1.165) is 5.02 Å². The van der Waals surface area contributed by atoms with E-state index in [-0.39, 0.29) is 0 Å². The third kappa shape index (κ3) is 6.85. The molecule has 1 atom stereocenters. The van der Waals surface area contributed by atoms with Crippen LogP contribution in [0, 0.1) is 6.92 Å². The van der Waals surface area contributed by atoms with Gasteiger partial charge >= 0.3 is 36.4 Å². The molecule has 0 amide bonds. The van der Waals surface area contributed by atoms with Crippen LogP contribution in [-0.4, -0.2) is 19.5 Å². The van der Waals surface area contributed by atoms with Gasteiger partial charge in [-0.1, -0.05) is 47.6 Å². The second-order valence-corrected chi connectivity index (χ2v) is 13.4. The molecular formula is C19H15ClF6NSSb. The quantitative estimate of drug-likeness (QED) is 0.187. The van der Waals surface area contributed by atoms with E-state index in [1.54, 1.807) is 11.8 Å². The van der Waals surface area contributed by atoms with Gasteiger partial charge in [-0.15, -0.1) is 0 Å². The van der Waals surface area contributed by atoms with Crippen LogP contribution < -0.4 is 4.90 Å². The van der Waals surface area contributed by atoms with Gasteiger partial charge in [0.05, 0.1) is 9.79 Å². The summed E-state index contributed by atoms with van der Waals surface area (Å²) in [5, 5.41) is 0.786. The first-order valence-electron chi connectivity index (χ1n) is 8.25. The van der Waals surface area contributed by atoms with E-state index < -0.39 is 19.5 Å². The van der Waals surface area contributed by atoms with Gasteiger partial charge in [-0.25, -0.2) is 4.90 Å². The van der Waals surface area contributed by atoms with Gasteiger partial charge in [0.25, 0.3) is 0 Å². The minimum atomic E-state index is -11.2. The molecular weight excluding hydrogens is 545 g/mol. The summed E-state index contributed by atoms with van der Waals surface area (Å²) in [5.41, 5.74) is 5.10. The van der Waals surface area contributed by atoms with Crippen LogP contribution in [0.5, 0.6) is 0 Å². The molecule has 0 saturated heterocycles. The summed E-state index contributed by atoms with van der Waals surface area (Å²) in [6, 6.07) is 23.4. The van der Waals surface area contributed by atoms with Gasteiger partial charge in [0.2, 0.25) is 0 Å². The summed E-state index contributed by atoms with van der Waals surface area (Å²) in [4.78, 5) is 3.81. The Labute approximate surface area is 175 Å². The van der Waals surface area contributed by atoms with E-state index in [1.807, 2.05) is 6.07 Å². The van der Waals surface area contributed by atoms with E-state index >= 15 is 0 Å². The van der Waals surface area contributed by atoms with Crippen molar-refractivity contribution in [1.29, 1.82) is 0 Å². The average Bonchev–Trinajstić information content (AvgIpc) is 2.58. The second-order valence-electron chi connectivity index (χ2n) is 6.44. The number of fused-ring (bicyclic) bond motifs is 2. The second kappa shape index (κ2) is 7.12. The summed E-state index contributed by atoms with van der Waals surface area (Å²) in [6.45, 7) is 2.14. The molecule has 156 valence electrons. The Morgan fingerprint density at radius 2 is 1.38 bits per heavy atom. The van der Waals surface area contributed by atoms with Gasteiger partial charge in [0, 0.05) is 17.2 Å². The molecule has 29 heavy (non-hydrogen) atoms. The number of para-hydroxylation sites is 1. The summed E-state index contributed by atoms with van der Waals surface area (Å²) < 4.78 is 59.6. The standard InChI is InChI=1S/C19H14ClNS.6FH.Sb/c1-13-7-10-18-17(11-13)21(15-5-3-2-4-6-15)16-9-8-14(20)12-19(16)22-18;;;;;;;/h2-12H,1H3;6*1H;/q;;;;;;;+5/p-5. The van der Waals surface area contributed by atoms with Gasteiger partial charge in [-0.3, -0.25) is 0 Å². The van der Waals surface area contributed by atoms with Crippen molar-refractivity contribution < 1.29 is 21.8 Å². The number of benzene rings is 3. The predicted octanol–water partition coefficient (Wildman–Crippen LogP) is 7.43. The molecule has 1 aliphatic heterocycles. The third-order valence-electron chi connectivity index (χ3n) is 3.90. The van der Waals surface area contributed by atoms with Crippen molar-refractivity contribution in [2.45, 2.75) is 16.7 Å². The van der Waals surface area contributed by atoms with Crippen molar-refractivity contribution in [3.63, 3.8) is 0 Å². The molecule has 0 radical (unpaired) electrons. The van der Waals surface area contributed by atoms with Crippen LogP contribution in [0.15, 0.2) is 76.5 Å². The van der Waals surface area contributed by atoms with Crippen molar-refractivity contribution in [3.05, 3.63) is 77.3 Å². The van der Waals surface area contributed by atoms with E-state index in [4.69, 9.17) is 11.6 Å². The van der Waals surface area contributed by atoms with Crippen molar-refractivity contribution in [2.24, 2.45) is 0 Å². The maximum atomic E-state index is 9.93. The Morgan fingerprint density at radius 1 is 0.759 bits per heavy atom. The van der Waals surface area contributed by atoms with Crippen LogP contribution in [0.2, 0.25) is 5.02 Å². The number of nitrogens with one attached hydrogen (secondary N) is 1. The molecule has 1 unspecified atom stereocenters. The Bertz CT molecular complexity index is 1050. The van der Waals surface area contributed by atoms with Crippen molar-refractivity contribution >= 4 is 59.9 Å². The van der Waals surface area contributed by atoms with E-state index in [9.17, 15) is 16.9 Å². The zero-order chi connectivity index (χ0) is 21.5. The molecule has 0 fully saturated rings. The zero-order valence-electron chi connectivity index (χ0n) is 14.9. The molecule has 0 saturated carbocycles. The first-order valence-corrected chi connectivity index (χ1v) is 15.2. The van der Waals surface area contributed by atoms with Crippen LogP contribution in [-0.2, 0) is 0 Å². The summed E-state index contributed by atoms with van der Waals surface area (Å²) in [5.74, 6) is 0. The number of halogens is 7. The molecule has 0 aliphatic carbocycles. The predicted molar refractivity (Wildman–Crippen MR) is 106 cm³/mol.